The van der Waals surface area contributed by atoms with E-state index < -0.39 is 12.0 Å². The van der Waals surface area contributed by atoms with E-state index in [1.165, 1.54) is 0 Å². The number of nitrogens with zero attached hydrogens (tertiary/aromatic N) is 1. The third kappa shape index (κ3) is 3.70. The summed E-state index contributed by atoms with van der Waals surface area (Å²) in [6.07, 6.45) is 4.33. The van der Waals surface area contributed by atoms with Crippen molar-refractivity contribution in [1.82, 2.24) is 10.3 Å². The lowest BCUT2D eigenvalue weighted by atomic mass is 10.2. The van der Waals surface area contributed by atoms with E-state index in [1.807, 2.05) is 30.3 Å². The topological polar surface area (TPSA) is 71.5 Å². The predicted molar refractivity (Wildman–Crippen MR) is 79.4 cm³/mol. The number of fused-ring (bicyclic) bond motifs is 1. The fraction of sp³-hybridized carbons (Fsp3) is 0.375. The molecule has 0 radical (unpaired) electrons. The number of nitrogens with one attached hydrogen (secondary N) is 1. The zero-order chi connectivity index (χ0) is 14.7. The highest BCUT2D eigenvalue weighted by Crippen LogP contribution is 2.21. The van der Waals surface area contributed by atoms with Gasteiger partial charge in [0.15, 0.2) is 0 Å². The molecule has 1 aromatic carbocycles. The van der Waals surface area contributed by atoms with Crippen molar-refractivity contribution in [3.8, 4) is 5.75 Å². The van der Waals surface area contributed by atoms with Crippen LogP contribution in [0.2, 0.25) is 0 Å². The van der Waals surface area contributed by atoms with Crippen molar-refractivity contribution in [2.75, 3.05) is 6.61 Å². The monoisotopic (exact) mass is 286 g/mol. The van der Waals surface area contributed by atoms with Crippen LogP contribution in [0.3, 0.4) is 0 Å². The Morgan fingerprint density at radius 1 is 1.43 bits per heavy atom. The minimum atomic E-state index is -0.814. The van der Waals surface area contributed by atoms with E-state index in [0.717, 1.165) is 29.5 Å². The van der Waals surface area contributed by atoms with Crippen LogP contribution in [0, 0.1) is 0 Å². The molecule has 1 saturated carbocycles. The maximum Gasteiger partial charge on any atom is 0.320 e. The summed E-state index contributed by atoms with van der Waals surface area (Å²) < 4.78 is 5.65. The summed E-state index contributed by atoms with van der Waals surface area (Å²) in [5.41, 5.74) is 0.876. The lowest BCUT2D eigenvalue weighted by molar-refractivity contribution is -0.139. The van der Waals surface area contributed by atoms with Gasteiger partial charge in [0.05, 0.1) is 12.1 Å². The Labute approximate surface area is 123 Å². The van der Waals surface area contributed by atoms with Gasteiger partial charge in [-0.3, -0.25) is 9.78 Å². The average Bonchev–Trinajstić information content (AvgIpc) is 3.30. The van der Waals surface area contributed by atoms with Gasteiger partial charge in [-0.2, -0.15) is 0 Å². The number of ether oxygens (including phenoxy) is 1. The highest BCUT2D eigenvalue weighted by atomic mass is 16.5. The van der Waals surface area contributed by atoms with Gasteiger partial charge in [0.1, 0.15) is 11.8 Å². The molecule has 0 saturated heterocycles. The molecule has 110 valence electrons. The van der Waals surface area contributed by atoms with Crippen molar-refractivity contribution in [2.45, 2.75) is 31.3 Å². The predicted octanol–water partition coefficient (Wildman–Crippen LogP) is 2.21. The Balaban J connectivity index is 1.56. The summed E-state index contributed by atoms with van der Waals surface area (Å²) in [7, 11) is 0. The second kappa shape index (κ2) is 6.10. The summed E-state index contributed by atoms with van der Waals surface area (Å²) >= 11 is 0. The molecule has 0 amide bonds. The summed E-state index contributed by atoms with van der Waals surface area (Å²) in [5, 5.41) is 13.3. The largest absolute Gasteiger partial charge is 0.493 e. The lowest BCUT2D eigenvalue weighted by Crippen LogP contribution is -2.39. The number of carboxylic acid groups (broad SMARTS) is 1. The minimum Gasteiger partial charge on any atom is -0.493 e. The van der Waals surface area contributed by atoms with E-state index in [-0.39, 0.29) is 0 Å². The van der Waals surface area contributed by atoms with Crippen molar-refractivity contribution < 1.29 is 14.6 Å². The standard InChI is InChI=1S/C16H18N2O3/c19-16(20)14(18-12-4-5-12)7-9-21-13-6-3-11-2-1-8-17-15(11)10-13/h1-3,6,8,10,12,14,18H,4-5,7,9H2,(H,19,20). The molecule has 1 unspecified atom stereocenters. The van der Waals surface area contributed by atoms with Gasteiger partial charge in [0, 0.05) is 30.1 Å². The fourth-order valence-corrected chi connectivity index (χ4v) is 2.24. The fourth-order valence-electron chi connectivity index (χ4n) is 2.24. The number of hydrogen-bond acceptors (Lipinski definition) is 4. The minimum absolute atomic E-state index is 0.370. The van der Waals surface area contributed by atoms with Crippen LogP contribution in [-0.4, -0.2) is 34.8 Å². The highest BCUT2D eigenvalue weighted by Gasteiger charge is 2.27. The van der Waals surface area contributed by atoms with Gasteiger partial charge in [-0.15, -0.1) is 0 Å². The first kappa shape index (κ1) is 13.8. The van der Waals surface area contributed by atoms with Crippen LogP contribution in [0.25, 0.3) is 10.9 Å². The summed E-state index contributed by atoms with van der Waals surface area (Å²) in [4.78, 5) is 15.4. The molecule has 0 bridgehead atoms. The Kier molecular flexibility index (Phi) is 4.01. The number of benzene rings is 1. The number of aromatic nitrogens is 1. The zero-order valence-corrected chi connectivity index (χ0v) is 11.7. The zero-order valence-electron chi connectivity index (χ0n) is 11.7. The molecule has 1 aromatic heterocycles. The van der Waals surface area contributed by atoms with Crippen LogP contribution < -0.4 is 10.1 Å². The maximum atomic E-state index is 11.2. The highest BCUT2D eigenvalue weighted by molar-refractivity contribution is 5.79. The van der Waals surface area contributed by atoms with Crippen molar-refractivity contribution in [3.63, 3.8) is 0 Å². The molecule has 1 heterocycles. The molecule has 1 aliphatic rings. The molecule has 0 aliphatic heterocycles. The van der Waals surface area contributed by atoms with Crippen LogP contribution in [0.15, 0.2) is 36.5 Å². The Morgan fingerprint density at radius 3 is 3.05 bits per heavy atom. The molecule has 5 nitrogen and oxygen atoms in total. The van der Waals surface area contributed by atoms with Crippen molar-refractivity contribution >= 4 is 16.9 Å². The molecule has 0 spiro atoms. The van der Waals surface area contributed by atoms with E-state index in [2.05, 4.69) is 10.3 Å². The molecule has 1 atom stereocenters. The quantitative estimate of drug-likeness (QED) is 0.816. The first-order valence-electron chi connectivity index (χ1n) is 7.19. The Hall–Kier alpha value is -2.14. The third-order valence-corrected chi connectivity index (χ3v) is 3.56. The lowest BCUT2D eigenvalue weighted by Gasteiger charge is -2.14. The van der Waals surface area contributed by atoms with Gasteiger partial charge in [-0.25, -0.2) is 0 Å². The Bertz CT molecular complexity index is 640. The van der Waals surface area contributed by atoms with Crippen molar-refractivity contribution in [1.29, 1.82) is 0 Å². The smallest absolute Gasteiger partial charge is 0.320 e. The first-order chi connectivity index (χ1) is 10.2. The molecule has 1 fully saturated rings. The molecule has 2 aromatic rings. The number of pyridine rings is 1. The van der Waals surface area contributed by atoms with Gasteiger partial charge in [-0.05, 0) is 31.0 Å². The van der Waals surface area contributed by atoms with Crippen LogP contribution >= 0.6 is 0 Å². The molecular weight excluding hydrogens is 268 g/mol. The van der Waals surface area contributed by atoms with Gasteiger partial charge >= 0.3 is 5.97 Å². The van der Waals surface area contributed by atoms with Gasteiger partial charge in [-0.1, -0.05) is 6.07 Å². The summed E-state index contributed by atoms with van der Waals surface area (Å²) in [6.45, 7) is 0.370. The van der Waals surface area contributed by atoms with E-state index in [4.69, 9.17) is 9.84 Å². The van der Waals surface area contributed by atoms with Crippen LogP contribution in [-0.2, 0) is 4.79 Å². The first-order valence-corrected chi connectivity index (χ1v) is 7.19. The third-order valence-electron chi connectivity index (χ3n) is 3.56. The molecule has 3 rings (SSSR count). The summed E-state index contributed by atoms with van der Waals surface area (Å²) in [6, 6.07) is 9.44. The number of hydrogen-bond donors (Lipinski definition) is 2. The van der Waals surface area contributed by atoms with Gasteiger partial charge < -0.3 is 15.2 Å². The van der Waals surface area contributed by atoms with Gasteiger partial charge in [0.2, 0.25) is 0 Å². The Morgan fingerprint density at radius 2 is 2.29 bits per heavy atom. The molecule has 1 aliphatic carbocycles. The van der Waals surface area contributed by atoms with Crippen molar-refractivity contribution in [3.05, 3.63) is 36.5 Å². The second-order valence-electron chi connectivity index (χ2n) is 5.33. The second-order valence-corrected chi connectivity index (χ2v) is 5.33. The average molecular weight is 286 g/mol. The molecule has 21 heavy (non-hydrogen) atoms. The van der Waals surface area contributed by atoms with Crippen LogP contribution in [0.1, 0.15) is 19.3 Å². The molecular formula is C16H18N2O3. The van der Waals surface area contributed by atoms with E-state index in [1.54, 1.807) is 6.20 Å². The number of aliphatic carboxylic acids is 1. The number of carbonyl (C=O) groups is 1. The van der Waals surface area contributed by atoms with E-state index in [0.29, 0.717) is 19.1 Å². The van der Waals surface area contributed by atoms with Crippen molar-refractivity contribution in [2.24, 2.45) is 0 Å². The van der Waals surface area contributed by atoms with Gasteiger partial charge in [0.25, 0.3) is 0 Å². The summed E-state index contributed by atoms with van der Waals surface area (Å²) in [5.74, 6) is -0.0950. The van der Waals surface area contributed by atoms with E-state index in [9.17, 15) is 4.79 Å². The maximum absolute atomic E-state index is 11.2. The number of carboxylic acids is 1. The molecule has 2 N–H and O–H groups in total. The van der Waals surface area contributed by atoms with E-state index >= 15 is 0 Å². The van der Waals surface area contributed by atoms with Crippen LogP contribution in [0.5, 0.6) is 5.75 Å². The normalized spacial score (nSPS) is 15.8. The molecule has 5 heteroatoms. The SMILES string of the molecule is O=C(O)C(CCOc1ccc2cccnc2c1)NC1CC1. The number of rotatable bonds is 7. The van der Waals surface area contributed by atoms with Crippen LogP contribution in [0.4, 0.5) is 0 Å².